The summed E-state index contributed by atoms with van der Waals surface area (Å²) in [5.41, 5.74) is 1.81. The molecule has 0 amide bonds. The summed E-state index contributed by atoms with van der Waals surface area (Å²) in [7, 11) is 0. The largest absolute Gasteiger partial charge is 0.475 e. The number of likely N-dealkylation sites (tertiary alicyclic amines) is 1. The van der Waals surface area contributed by atoms with Crippen molar-refractivity contribution in [2.75, 3.05) is 26.3 Å². The van der Waals surface area contributed by atoms with Crippen molar-refractivity contribution in [1.29, 1.82) is 0 Å². The van der Waals surface area contributed by atoms with Crippen LogP contribution in [0.4, 0.5) is 0 Å². The molecular weight excluding hydrogens is 294 g/mol. The summed E-state index contributed by atoms with van der Waals surface area (Å²) >= 11 is 0. The van der Waals surface area contributed by atoms with Crippen LogP contribution >= 0.6 is 0 Å². The normalized spacial score (nSPS) is 19.3. The minimum Gasteiger partial charge on any atom is -0.475 e. The minimum absolute atomic E-state index is 0.00750. The number of carboxylic acids is 1. The molecule has 3 rings (SSSR count). The summed E-state index contributed by atoms with van der Waals surface area (Å²) in [6, 6.07) is 7.50. The number of hydrogen-bond donors (Lipinski definition) is 1. The van der Waals surface area contributed by atoms with E-state index in [0.29, 0.717) is 11.5 Å². The second-order valence-corrected chi connectivity index (χ2v) is 6.19. The highest BCUT2D eigenvalue weighted by Crippen LogP contribution is 2.23. The zero-order valence-electron chi connectivity index (χ0n) is 13.5. The Balaban J connectivity index is 1.67. The van der Waals surface area contributed by atoms with E-state index < -0.39 is 5.97 Å². The number of carbonyl (C=O) groups is 1. The topological polar surface area (TPSA) is 62.9 Å². The number of fused-ring (bicyclic) bond motifs is 1. The maximum absolute atomic E-state index is 11.0. The van der Waals surface area contributed by atoms with Crippen molar-refractivity contribution in [3.8, 4) is 0 Å². The number of aromatic carboxylic acids is 1. The van der Waals surface area contributed by atoms with Crippen LogP contribution in [0.2, 0.25) is 0 Å². The Morgan fingerprint density at radius 3 is 3.09 bits per heavy atom. The van der Waals surface area contributed by atoms with E-state index in [2.05, 4.69) is 4.90 Å². The summed E-state index contributed by atoms with van der Waals surface area (Å²) in [5, 5.41) is 9.85. The third kappa shape index (κ3) is 3.92. The minimum atomic E-state index is -1.03. The lowest BCUT2D eigenvalue weighted by atomic mass is 9.98. The molecule has 2 aromatic rings. The number of piperidine rings is 1. The Kier molecular flexibility index (Phi) is 4.98. The van der Waals surface area contributed by atoms with E-state index in [-0.39, 0.29) is 5.76 Å². The average Bonchev–Trinajstić information content (AvgIpc) is 2.97. The quantitative estimate of drug-likeness (QED) is 0.885. The number of furan rings is 1. The molecule has 23 heavy (non-hydrogen) atoms. The van der Waals surface area contributed by atoms with Gasteiger partial charge in [0.25, 0.3) is 0 Å². The molecule has 0 spiro atoms. The average molecular weight is 317 g/mol. The number of rotatable bonds is 6. The summed E-state index contributed by atoms with van der Waals surface area (Å²) in [6.07, 6.45) is 2.44. The van der Waals surface area contributed by atoms with Gasteiger partial charge in [0.15, 0.2) is 0 Å². The molecular formula is C18H23NO4. The van der Waals surface area contributed by atoms with Gasteiger partial charge in [-0.3, -0.25) is 4.90 Å². The summed E-state index contributed by atoms with van der Waals surface area (Å²) in [4.78, 5) is 13.4. The Morgan fingerprint density at radius 2 is 2.30 bits per heavy atom. The van der Waals surface area contributed by atoms with Crippen LogP contribution in [-0.4, -0.2) is 42.3 Å². The van der Waals surface area contributed by atoms with Crippen molar-refractivity contribution in [2.24, 2.45) is 5.92 Å². The van der Waals surface area contributed by atoms with E-state index >= 15 is 0 Å². The third-order valence-electron chi connectivity index (χ3n) is 4.36. The number of ether oxygens (including phenoxy) is 1. The standard InChI is InChI=1S/C18H23NO4/c1-2-22-12-14-4-3-7-19(11-14)10-13-5-6-16-15(8-13)9-17(23-16)18(20)21/h5-6,8-9,14H,2-4,7,10-12H2,1H3,(H,20,21). The van der Waals surface area contributed by atoms with Crippen LogP contribution in [0.5, 0.6) is 0 Å². The molecule has 1 atom stereocenters. The highest BCUT2D eigenvalue weighted by atomic mass is 16.5. The molecule has 1 N–H and O–H groups in total. The highest BCUT2D eigenvalue weighted by Gasteiger charge is 2.20. The van der Waals surface area contributed by atoms with Gasteiger partial charge in [-0.1, -0.05) is 6.07 Å². The predicted molar refractivity (Wildman–Crippen MR) is 87.7 cm³/mol. The summed E-state index contributed by atoms with van der Waals surface area (Å²) in [6.45, 7) is 6.70. The Labute approximate surface area is 135 Å². The molecule has 0 bridgehead atoms. The van der Waals surface area contributed by atoms with Crippen molar-refractivity contribution in [2.45, 2.75) is 26.3 Å². The van der Waals surface area contributed by atoms with Gasteiger partial charge < -0.3 is 14.3 Å². The van der Waals surface area contributed by atoms with E-state index in [1.54, 1.807) is 6.07 Å². The zero-order valence-corrected chi connectivity index (χ0v) is 13.5. The first-order valence-corrected chi connectivity index (χ1v) is 8.21. The van der Waals surface area contributed by atoms with Gasteiger partial charge in [-0.15, -0.1) is 0 Å². The van der Waals surface area contributed by atoms with Gasteiger partial charge in [0.1, 0.15) is 5.58 Å². The van der Waals surface area contributed by atoms with Crippen molar-refractivity contribution in [1.82, 2.24) is 4.90 Å². The molecule has 1 aromatic carbocycles. The van der Waals surface area contributed by atoms with Gasteiger partial charge in [0.2, 0.25) is 5.76 Å². The Bertz CT molecular complexity index is 679. The molecule has 1 aliphatic heterocycles. The van der Waals surface area contributed by atoms with Crippen molar-refractivity contribution >= 4 is 16.9 Å². The third-order valence-corrected chi connectivity index (χ3v) is 4.36. The van der Waals surface area contributed by atoms with Crippen LogP contribution in [0.3, 0.4) is 0 Å². The highest BCUT2D eigenvalue weighted by molar-refractivity contribution is 5.91. The van der Waals surface area contributed by atoms with Gasteiger partial charge in [-0.05, 0) is 56.0 Å². The molecule has 1 fully saturated rings. The van der Waals surface area contributed by atoms with Crippen LogP contribution in [-0.2, 0) is 11.3 Å². The lowest BCUT2D eigenvalue weighted by Crippen LogP contribution is -2.36. The molecule has 5 heteroatoms. The maximum Gasteiger partial charge on any atom is 0.371 e. The molecule has 1 unspecified atom stereocenters. The van der Waals surface area contributed by atoms with Crippen LogP contribution in [0.1, 0.15) is 35.9 Å². The first kappa shape index (κ1) is 16.0. The van der Waals surface area contributed by atoms with E-state index in [9.17, 15) is 4.79 Å². The smallest absolute Gasteiger partial charge is 0.371 e. The molecule has 1 aliphatic rings. The molecule has 124 valence electrons. The maximum atomic E-state index is 11.0. The second-order valence-electron chi connectivity index (χ2n) is 6.19. The van der Waals surface area contributed by atoms with E-state index in [1.165, 1.54) is 18.4 Å². The first-order valence-electron chi connectivity index (χ1n) is 8.21. The van der Waals surface area contributed by atoms with Crippen molar-refractivity contribution in [3.05, 3.63) is 35.6 Å². The molecule has 1 aromatic heterocycles. The monoisotopic (exact) mass is 317 g/mol. The summed E-state index contributed by atoms with van der Waals surface area (Å²) in [5.74, 6) is -0.426. The van der Waals surface area contributed by atoms with Crippen LogP contribution < -0.4 is 0 Å². The van der Waals surface area contributed by atoms with E-state index in [0.717, 1.165) is 38.2 Å². The van der Waals surface area contributed by atoms with Crippen LogP contribution in [0, 0.1) is 5.92 Å². The number of benzene rings is 1. The van der Waals surface area contributed by atoms with Crippen LogP contribution in [0.15, 0.2) is 28.7 Å². The molecule has 2 heterocycles. The lowest BCUT2D eigenvalue weighted by Gasteiger charge is -2.32. The first-order chi connectivity index (χ1) is 11.2. The molecule has 1 saturated heterocycles. The fourth-order valence-corrected chi connectivity index (χ4v) is 3.27. The van der Waals surface area contributed by atoms with Gasteiger partial charge in [-0.2, -0.15) is 0 Å². The summed E-state index contributed by atoms with van der Waals surface area (Å²) < 4.78 is 10.9. The predicted octanol–water partition coefficient (Wildman–Crippen LogP) is 3.38. The van der Waals surface area contributed by atoms with Gasteiger partial charge in [0, 0.05) is 25.1 Å². The van der Waals surface area contributed by atoms with Gasteiger partial charge in [0.05, 0.1) is 6.61 Å². The second kappa shape index (κ2) is 7.15. The SMILES string of the molecule is CCOCC1CCCN(Cc2ccc3oc(C(=O)O)cc3c2)C1. The molecule has 0 aliphatic carbocycles. The fourth-order valence-electron chi connectivity index (χ4n) is 3.27. The van der Waals surface area contributed by atoms with Crippen LogP contribution in [0.25, 0.3) is 11.0 Å². The Hall–Kier alpha value is -1.85. The zero-order chi connectivity index (χ0) is 16.2. The molecule has 0 saturated carbocycles. The van der Waals surface area contributed by atoms with E-state index in [4.69, 9.17) is 14.3 Å². The number of carboxylic acid groups (broad SMARTS) is 1. The van der Waals surface area contributed by atoms with Gasteiger partial charge in [-0.25, -0.2) is 4.79 Å². The molecule has 5 nitrogen and oxygen atoms in total. The lowest BCUT2D eigenvalue weighted by molar-refractivity contribution is 0.0647. The number of nitrogens with zero attached hydrogens (tertiary/aromatic N) is 1. The fraction of sp³-hybridized carbons (Fsp3) is 0.500. The Morgan fingerprint density at radius 1 is 1.43 bits per heavy atom. The van der Waals surface area contributed by atoms with E-state index in [1.807, 2.05) is 25.1 Å². The van der Waals surface area contributed by atoms with Gasteiger partial charge >= 0.3 is 5.97 Å². The van der Waals surface area contributed by atoms with Crippen molar-refractivity contribution < 1.29 is 19.1 Å². The molecule has 0 radical (unpaired) electrons. The van der Waals surface area contributed by atoms with Crippen molar-refractivity contribution in [3.63, 3.8) is 0 Å². The number of hydrogen-bond acceptors (Lipinski definition) is 4.